The van der Waals surface area contributed by atoms with E-state index in [-0.39, 0.29) is 12.5 Å². The first-order valence-electron chi connectivity index (χ1n) is 7.12. The maximum Gasteiger partial charge on any atom is 0.419 e. The lowest BCUT2D eigenvalue weighted by Gasteiger charge is -2.08. The molecule has 0 spiro atoms. The van der Waals surface area contributed by atoms with Gasteiger partial charge in [0.25, 0.3) is 6.47 Å². The molecule has 1 N–H and O–H groups in total. The molecule has 0 bridgehead atoms. The van der Waals surface area contributed by atoms with Gasteiger partial charge in [0.15, 0.2) is 6.07 Å². The Morgan fingerprint density at radius 3 is 2.62 bits per heavy atom. The topological polar surface area (TPSA) is 81.0 Å². The van der Waals surface area contributed by atoms with Gasteiger partial charge in [0, 0.05) is 18.1 Å². The first-order chi connectivity index (χ1) is 11.5. The molecule has 0 radical (unpaired) electrons. The monoisotopic (exact) mass is 356 g/mol. The van der Waals surface area contributed by atoms with Crippen LogP contribution in [0.2, 0.25) is 0 Å². The molecule has 0 saturated heterocycles. The Bertz CT molecular complexity index is 684. The van der Waals surface area contributed by atoms with E-state index < -0.39 is 6.09 Å². The summed E-state index contributed by atoms with van der Waals surface area (Å²) in [5, 5.41) is 7.88. The number of benzene rings is 1. The summed E-state index contributed by atoms with van der Waals surface area (Å²) in [5.74, 6) is 0.761. The van der Waals surface area contributed by atoms with Gasteiger partial charge < -0.3 is 19.5 Å². The molecule has 7 nitrogen and oxygen atoms in total. The Labute approximate surface area is 145 Å². The van der Waals surface area contributed by atoms with Gasteiger partial charge in [-0.25, -0.2) is 4.79 Å². The quantitative estimate of drug-likeness (QED) is 0.655. The number of hydrogen-bond donors (Lipinski definition) is 1. The van der Waals surface area contributed by atoms with Gasteiger partial charge in [0.2, 0.25) is 0 Å². The molecule has 24 heavy (non-hydrogen) atoms. The molecule has 0 saturated carbocycles. The molecular weight excluding hydrogens is 336 g/mol. The Balaban J connectivity index is 0.000000891. The number of methoxy groups -OCH3 is 1. The summed E-state index contributed by atoms with van der Waals surface area (Å²) in [6, 6.07) is 5.44. The number of ether oxygens (including phenoxy) is 2. The van der Waals surface area contributed by atoms with Gasteiger partial charge in [-0.05, 0) is 44.3 Å². The van der Waals surface area contributed by atoms with Crippen molar-refractivity contribution in [3.63, 3.8) is 0 Å². The Morgan fingerprint density at radius 2 is 2.08 bits per heavy atom. The zero-order chi connectivity index (χ0) is 18.1. The van der Waals surface area contributed by atoms with E-state index in [4.69, 9.17) is 31.0 Å². The van der Waals surface area contributed by atoms with Crippen LogP contribution in [-0.2, 0) is 16.0 Å². The molecule has 8 heteroatoms. The van der Waals surface area contributed by atoms with Crippen molar-refractivity contribution >= 4 is 35.1 Å². The van der Waals surface area contributed by atoms with Crippen LogP contribution in [0.25, 0.3) is 10.9 Å². The van der Waals surface area contributed by atoms with Crippen LogP contribution >= 0.6 is 11.6 Å². The van der Waals surface area contributed by atoms with Crippen molar-refractivity contribution < 1.29 is 24.2 Å². The van der Waals surface area contributed by atoms with E-state index >= 15 is 0 Å². The molecular formula is C16H21ClN2O5. The molecule has 0 aliphatic rings. The number of aromatic nitrogens is 1. The highest BCUT2D eigenvalue weighted by atomic mass is 35.5. The molecule has 2 rings (SSSR count). The van der Waals surface area contributed by atoms with Crippen LogP contribution in [0, 0.1) is 0 Å². The van der Waals surface area contributed by atoms with Gasteiger partial charge in [-0.3, -0.25) is 9.36 Å². The number of likely N-dealkylation sites (N-methyl/N-ethyl adjacent to an activating group) is 1. The maximum absolute atomic E-state index is 12.0. The molecule has 0 aliphatic carbocycles. The average molecular weight is 357 g/mol. The predicted molar refractivity (Wildman–Crippen MR) is 92.0 cm³/mol. The second kappa shape index (κ2) is 9.79. The first kappa shape index (κ1) is 19.8. The number of carbonyl (C=O) groups excluding carboxylic acids is 1. The third kappa shape index (κ3) is 5.14. The van der Waals surface area contributed by atoms with Crippen molar-refractivity contribution in [2.24, 2.45) is 0 Å². The molecule has 0 amide bonds. The fraction of sp³-hybridized carbons (Fsp3) is 0.375. The number of halogens is 1. The van der Waals surface area contributed by atoms with E-state index in [1.54, 1.807) is 7.11 Å². The third-order valence-corrected chi connectivity index (χ3v) is 3.41. The van der Waals surface area contributed by atoms with E-state index in [0.29, 0.717) is 0 Å². The summed E-state index contributed by atoms with van der Waals surface area (Å²) in [4.78, 5) is 22.4. The smallest absolute Gasteiger partial charge is 0.419 e. The number of fused-ring (bicyclic) bond motifs is 1. The molecule has 0 atom stereocenters. The molecule has 2 aromatic rings. The standard InChI is InChI=1S/C15H19ClN2O3.CH2O2/c1-17(2)7-6-11-9-18(15(19)21-10-16)14-5-4-12(20-3)8-13(11)14;2-1-3/h4-5,8-9H,6-7,10H2,1-3H3;1H,(H,2,3). The minimum atomic E-state index is -0.476. The second-order valence-corrected chi connectivity index (χ2v) is 5.30. The maximum atomic E-state index is 12.0. The van der Waals surface area contributed by atoms with E-state index in [1.165, 1.54) is 4.57 Å². The lowest BCUT2D eigenvalue weighted by molar-refractivity contribution is -0.122. The van der Waals surface area contributed by atoms with E-state index in [0.717, 1.165) is 35.2 Å². The number of nitrogens with zero attached hydrogens (tertiary/aromatic N) is 2. The lowest BCUT2D eigenvalue weighted by Crippen LogP contribution is -2.15. The normalized spacial score (nSPS) is 10.2. The summed E-state index contributed by atoms with van der Waals surface area (Å²) in [6.45, 7) is 0.640. The molecule has 0 fully saturated rings. The number of hydrogen-bond acceptors (Lipinski definition) is 5. The lowest BCUT2D eigenvalue weighted by atomic mass is 10.1. The Hall–Kier alpha value is -2.25. The van der Waals surface area contributed by atoms with E-state index in [2.05, 4.69) is 4.90 Å². The van der Waals surface area contributed by atoms with Crippen molar-refractivity contribution in [3.05, 3.63) is 30.0 Å². The highest BCUT2D eigenvalue weighted by Gasteiger charge is 2.15. The van der Waals surface area contributed by atoms with Crippen molar-refractivity contribution in [2.45, 2.75) is 6.42 Å². The SMILES string of the molecule is COc1ccc2c(c1)c(CCN(C)C)cn2C(=O)OCCl.O=CO. The molecule has 132 valence electrons. The molecule has 0 aliphatic heterocycles. The van der Waals surface area contributed by atoms with Crippen molar-refractivity contribution in [1.29, 1.82) is 0 Å². The molecule has 1 heterocycles. The summed E-state index contributed by atoms with van der Waals surface area (Å²) in [5.41, 5.74) is 1.86. The van der Waals surface area contributed by atoms with Gasteiger partial charge in [0.05, 0.1) is 12.6 Å². The minimum absolute atomic E-state index is 0.165. The molecule has 1 aromatic heterocycles. The minimum Gasteiger partial charge on any atom is -0.497 e. The largest absolute Gasteiger partial charge is 0.497 e. The molecule has 1 aromatic carbocycles. The van der Waals surface area contributed by atoms with Crippen molar-refractivity contribution in [1.82, 2.24) is 9.47 Å². The van der Waals surface area contributed by atoms with Gasteiger partial charge in [-0.15, -0.1) is 0 Å². The third-order valence-electron chi connectivity index (χ3n) is 3.30. The fourth-order valence-corrected chi connectivity index (χ4v) is 2.31. The summed E-state index contributed by atoms with van der Waals surface area (Å²) in [7, 11) is 5.66. The zero-order valence-electron chi connectivity index (χ0n) is 13.9. The van der Waals surface area contributed by atoms with Crippen LogP contribution in [0.3, 0.4) is 0 Å². The Morgan fingerprint density at radius 1 is 1.42 bits per heavy atom. The average Bonchev–Trinajstić information content (AvgIpc) is 2.91. The Kier molecular flexibility index (Phi) is 8.08. The van der Waals surface area contributed by atoms with Crippen LogP contribution in [0.1, 0.15) is 5.56 Å². The van der Waals surface area contributed by atoms with Crippen LogP contribution in [0.4, 0.5) is 4.79 Å². The highest BCUT2D eigenvalue weighted by Crippen LogP contribution is 2.26. The van der Waals surface area contributed by atoms with Crippen molar-refractivity contribution in [3.8, 4) is 5.75 Å². The van der Waals surface area contributed by atoms with E-state index in [9.17, 15) is 4.79 Å². The first-order valence-corrected chi connectivity index (χ1v) is 7.65. The molecule has 0 unspecified atom stereocenters. The summed E-state index contributed by atoms with van der Waals surface area (Å²) < 4.78 is 11.6. The van der Waals surface area contributed by atoms with Crippen LogP contribution in [0.15, 0.2) is 24.4 Å². The number of carbonyl (C=O) groups is 2. The second-order valence-electron chi connectivity index (χ2n) is 5.09. The van der Waals surface area contributed by atoms with Gasteiger partial charge >= 0.3 is 6.09 Å². The number of alkyl halides is 1. The van der Waals surface area contributed by atoms with E-state index in [1.807, 2.05) is 38.5 Å². The summed E-state index contributed by atoms with van der Waals surface area (Å²) in [6.07, 6.45) is 2.16. The van der Waals surface area contributed by atoms with Gasteiger partial charge in [-0.2, -0.15) is 0 Å². The van der Waals surface area contributed by atoms with Crippen molar-refractivity contribution in [2.75, 3.05) is 33.8 Å². The predicted octanol–water partition coefficient (Wildman–Crippen LogP) is 2.64. The number of carboxylic acid groups (broad SMARTS) is 1. The number of rotatable bonds is 5. The zero-order valence-corrected chi connectivity index (χ0v) is 14.6. The van der Waals surface area contributed by atoms with Crippen LogP contribution in [-0.4, -0.2) is 61.0 Å². The van der Waals surface area contributed by atoms with Gasteiger partial charge in [-0.1, -0.05) is 11.6 Å². The highest BCUT2D eigenvalue weighted by molar-refractivity contribution is 6.17. The van der Waals surface area contributed by atoms with Gasteiger partial charge in [0.1, 0.15) is 5.75 Å². The summed E-state index contributed by atoms with van der Waals surface area (Å²) >= 11 is 5.47. The van der Waals surface area contributed by atoms with Crippen LogP contribution in [0.5, 0.6) is 5.75 Å². The van der Waals surface area contributed by atoms with Crippen LogP contribution < -0.4 is 4.74 Å². The fourth-order valence-electron chi connectivity index (χ4n) is 2.21.